The molecule has 0 spiro atoms. The molecule has 2 aromatic rings. The molecule has 112 valence electrons. The van der Waals surface area contributed by atoms with Gasteiger partial charge < -0.3 is 5.32 Å². The molecule has 2 rings (SSSR count). The molecule has 1 nitrogen and oxygen atoms in total. The third-order valence-electron chi connectivity index (χ3n) is 3.58. The lowest BCUT2D eigenvalue weighted by molar-refractivity contribution is 0.590. The Labute approximate surface area is 131 Å². The summed E-state index contributed by atoms with van der Waals surface area (Å²) in [5, 5.41) is 3.56. The van der Waals surface area contributed by atoms with E-state index in [0.717, 1.165) is 11.3 Å². The number of benzene rings is 2. The summed E-state index contributed by atoms with van der Waals surface area (Å²) in [7, 11) is 0. The van der Waals surface area contributed by atoms with Gasteiger partial charge in [0.1, 0.15) is 5.82 Å². The molecule has 3 heteroatoms. The highest BCUT2D eigenvalue weighted by Crippen LogP contribution is 2.26. The maximum absolute atomic E-state index is 13.2. The molecule has 21 heavy (non-hydrogen) atoms. The van der Waals surface area contributed by atoms with Crippen LogP contribution in [0.25, 0.3) is 0 Å². The monoisotopic (exact) mass is 305 g/mol. The van der Waals surface area contributed by atoms with Crippen LogP contribution in [-0.2, 0) is 5.41 Å². The van der Waals surface area contributed by atoms with Gasteiger partial charge in [-0.2, -0.15) is 0 Å². The first kappa shape index (κ1) is 15.8. The molecule has 0 fully saturated rings. The van der Waals surface area contributed by atoms with Gasteiger partial charge in [0.2, 0.25) is 0 Å². The van der Waals surface area contributed by atoms with Crippen LogP contribution in [0, 0.1) is 5.82 Å². The Morgan fingerprint density at radius 2 is 1.67 bits per heavy atom. The van der Waals surface area contributed by atoms with E-state index in [1.165, 1.54) is 11.6 Å². The number of nitrogens with one attached hydrogen (secondary N) is 1. The third kappa shape index (κ3) is 3.98. The molecule has 2 aromatic carbocycles. The molecule has 0 aromatic heterocycles. The smallest absolute Gasteiger partial charge is 0.141 e. The van der Waals surface area contributed by atoms with E-state index in [2.05, 4.69) is 50.4 Å². The van der Waals surface area contributed by atoms with Crippen LogP contribution in [0.1, 0.15) is 44.9 Å². The second kappa shape index (κ2) is 6.07. The Morgan fingerprint density at radius 1 is 1.05 bits per heavy atom. The van der Waals surface area contributed by atoms with Crippen molar-refractivity contribution in [3.8, 4) is 0 Å². The first-order valence-corrected chi connectivity index (χ1v) is 7.47. The standard InChI is InChI=1S/C18H21ClFN/c1-12(13-5-10-17(20)16(19)11-13)21-15-8-6-14(7-9-15)18(2,3)4/h5-12,21H,1-4H3. The van der Waals surface area contributed by atoms with Gasteiger partial charge >= 0.3 is 0 Å². The number of hydrogen-bond donors (Lipinski definition) is 1. The number of hydrogen-bond acceptors (Lipinski definition) is 1. The van der Waals surface area contributed by atoms with E-state index >= 15 is 0 Å². The number of rotatable bonds is 3. The molecule has 0 aliphatic heterocycles. The first-order valence-electron chi connectivity index (χ1n) is 7.09. The van der Waals surface area contributed by atoms with Crippen LogP contribution >= 0.6 is 11.6 Å². The molecule has 0 aliphatic carbocycles. The molecule has 1 N–H and O–H groups in total. The van der Waals surface area contributed by atoms with Crippen LogP contribution in [0.3, 0.4) is 0 Å². The molecule has 1 atom stereocenters. The van der Waals surface area contributed by atoms with E-state index in [0.29, 0.717) is 0 Å². The van der Waals surface area contributed by atoms with Gasteiger partial charge in [0.05, 0.1) is 5.02 Å². The van der Waals surface area contributed by atoms with Crippen LogP contribution < -0.4 is 5.32 Å². The van der Waals surface area contributed by atoms with Crippen molar-refractivity contribution in [1.82, 2.24) is 0 Å². The topological polar surface area (TPSA) is 12.0 Å². The summed E-state index contributed by atoms with van der Waals surface area (Å²) in [5.74, 6) is -0.387. The predicted molar refractivity (Wildman–Crippen MR) is 88.6 cm³/mol. The van der Waals surface area contributed by atoms with Gasteiger partial charge in [-0.1, -0.05) is 50.6 Å². The van der Waals surface area contributed by atoms with Crippen molar-refractivity contribution in [2.75, 3.05) is 5.32 Å². The highest BCUT2D eigenvalue weighted by atomic mass is 35.5. The van der Waals surface area contributed by atoms with Crippen molar-refractivity contribution >= 4 is 17.3 Å². The maximum atomic E-state index is 13.2. The summed E-state index contributed by atoms with van der Waals surface area (Å²) >= 11 is 5.83. The average molecular weight is 306 g/mol. The Balaban J connectivity index is 2.12. The minimum atomic E-state index is -0.387. The lowest BCUT2D eigenvalue weighted by Gasteiger charge is -2.21. The molecular formula is C18H21ClFN. The minimum absolute atomic E-state index is 0.0589. The van der Waals surface area contributed by atoms with Gasteiger partial charge in [0.15, 0.2) is 0 Å². The van der Waals surface area contributed by atoms with Crippen molar-refractivity contribution in [2.45, 2.75) is 39.2 Å². The normalized spacial score (nSPS) is 13.0. The lowest BCUT2D eigenvalue weighted by Crippen LogP contribution is -2.11. The number of halogens is 2. The zero-order valence-electron chi connectivity index (χ0n) is 12.9. The maximum Gasteiger partial charge on any atom is 0.141 e. The summed E-state index contributed by atoms with van der Waals surface area (Å²) in [6, 6.07) is 13.3. The second-order valence-corrected chi connectivity index (χ2v) is 6.77. The Bertz CT molecular complexity index is 614. The largest absolute Gasteiger partial charge is 0.379 e. The van der Waals surface area contributed by atoms with E-state index in [-0.39, 0.29) is 22.3 Å². The average Bonchev–Trinajstić information content (AvgIpc) is 2.41. The molecule has 0 aliphatic rings. The zero-order valence-corrected chi connectivity index (χ0v) is 13.6. The van der Waals surface area contributed by atoms with Crippen molar-refractivity contribution < 1.29 is 4.39 Å². The summed E-state index contributed by atoms with van der Waals surface area (Å²) < 4.78 is 13.2. The Kier molecular flexibility index (Phi) is 4.58. The highest BCUT2D eigenvalue weighted by molar-refractivity contribution is 6.30. The van der Waals surface area contributed by atoms with Gasteiger partial charge in [-0.05, 0) is 47.7 Å². The van der Waals surface area contributed by atoms with Crippen molar-refractivity contribution in [1.29, 1.82) is 0 Å². The van der Waals surface area contributed by atoms with Gasteiger partial charge in [-0.3, -0.25) is 0 Å². The molecule has 0 bridgehead atoms. The molecule has 0 heterocycles. The van der Waals surface area contributed by atoms with Crippen LogP contribution in [0.2, 0.25) is 5.02 Å². The second-order valence-electron chi connectivity index (χ2n) is 6.37. The zero-order chi connectivity index (χ0) is 15.6. The summed E-state index contributed by atoms with van der Waals surface area (Å²) in [6.07, 6.45) is 0. The van der Waals surface area contributed by atoms with E-state index in [4.69, 9.17) is 11.6 Å². The van der Waals surface area contributed by atoms with Gasteiger partial charge in [-0.15, -0.1) is 0 Å². The summed E-state index contributed by atoms with van der Waals surface area (Å²) in [5.41, 5.74) is 3.44. The molecule has 0 saturated carbocycles. The first-order chi connectivity index (χ1) is 9.77. The lowest BCUT2D eigenvalue weighted by atomic mass is 9.87. The van der Waals surface area contributed by atoms with Crippen LogP contribution in [0.4, 0.5) is 10.1 Å². The van der Waals surface area contributed by atoms with E-state index in [1.807, 2.05) is 6.92 Å². The van der Waals surface area contributed by atoms with Crippen molar-refractivity contribution in [2.24, 2.45) is 0 Å². The summed E-state index contributed by atoms with van der Waals surface area (Å²) in [4.78, 5) is 0. The molecule has 1 unspecified atom stereocenters. The van der Waals surface area contributed by atoms with Crippen LogP contribution in [-0.4, -0.2) is 0 Å². The van der Waals surface area contributed by atoms with E-state index in [9.17, 15) is 4.39 Å². The van der Waals surface area contributed by atoms with Gasteiger partial charge in [0, 0.05) is 11.7 Å². The number of anilines is 1. The Morgan fingerprint density at radius 3 is 2.19 bits per heavy atom. The van der Waals surface area contributed by atoms with Gasteiger partial charge in [0.25, 0.3) is 0 Å². The SMILES string of the molecule is CC(Nc1ccc(C(C)(C)C)cc1)c1ccc(F)c(Cl)c1. The molecule has 0 amide bonds. The third-order valence-corrected chi connectivity index (χ3v) is 3.87. The quantitative estimate of drug-likeness (QED) is 0.739. The fraction of sp³-hybridized carbons (Fsp3) is 0.333. The Hall–Kier alpha value is -1.54. The highest BCUT2D eigenvalue weighted by Gasteiger charge is 2.13. The summed E-state index contributed by atoms with van der Waals surface area (Å²) in [6.45, 7) is 8.61. The van der Waals surface area contributed by atoms with Crippen LogP contribution in [0.5, 0.6) is 0 Å². The van der Waals surface area contributed by atoms with E-state index in [1.54, 1.807) is 12.1 Å². The molecule has 0 saturated heterocycles. The fourth-order valence-corrected chi connectivity index (χ4v) is 2.37. The fourth-order valence-electron chi connectivity index (χ4n) is 2.18. The van der Waals surface area contributed by atoms with Gasteiger partial charge in [-0.25, -0.2) is 4.39 Å². The predicted octanol–water partition coefficient (Wildman–Crippen LogP) is 5.95. The van der Waals surface area contributed by atoms with Crippen molar-refractivity contribution in [3.05, 3.63) is 64.4 Å². The molecular weight excluding hydrogens is 285 g/mol. The van der Waals surface area contributed by atoms with E-state index < -0.39 is 0 Å². The minimum Gasteiger partial charge on any atom is -0.379 e. The van der Waals surface area contributed by atoms with Crippen molar-refractivity contribution in [3.63, 3.8) is 0 Å². The van der Waals surface area contributed by atoms with Crippen LogP contribution in [0.15, 0.2) is 42.5 Å². The molecule has 0 radical (unpaired) electrons.